The molecule has 1 rings (SSSR count). The molecule has 1 aromatic carbocycles. The molecule has 0 saturated heterocycles. The first kappa shape index (κ1) is 12.9. The van der Waals surface area contributed by atoms with Crippen molar-refractivity contribution in [1.29, 1.82) is 0 Å². The topological polar surface area (TPSA) is 6.48 Å². The molecule has 0 aromatic heterocycles. The lowest BCUT2D eigenvalue weighted by Crippen LogP contribution is -2.30. The van der Waals surface area contributed by atoms with E-state index in [2.05, 4.69) is 76.8 Å². The second-order valence-electron chi connectivity index (χ2n) is 3.96. The molecule has 84 valence electrons. The number of rotatable bonds is 6. The van der Waals surface area contributed by atoms with E-state index in [-0.39, 0.29) is 0 Å². The number of halogens is 1. The van der Waals surface area contributed by atoms with Gasteiger partial charge >= 0.3 is 0 Å². The molecule has 0 bridgehead atoms. The van der Waals surface area contributed by atoms with Crippen LogP contribution in [0.5, 0.6) is 0 Å². The van der Waals surface area contributed by atoms with E-state index < -0.39 is 0 Å². The summed E-state index contributed by atoms with van der Waals surface area (Å²) in [5, 5.41) is 0. The Hall–Kier alpha value is -0.130. The Labute approximate surface area is 106 Å². The SMILES string of the molecule is CN(C)CCN(CI)Cc1ccccc1. The van der Waals surface area contributed by atoms with Gasteiger partial charge in [-0.2, -0.15) is 0 Å². The summed E-state index contributed by atoms with van der Waals surface area (Å²) >= 11 is 2.43. The van der Waals surface area contributed by atoms with Crippen LogP contribution in [0.25, 0.3) is 0 Å². The van der Waals surface area contributed by atoms with Crippen LogP contribution in [0.1, 0.15) is 5.56 Å². The predicted molar refractivity (Wildman–Crippen MR) is 74.3 cm³/mol. The lowest BCUT2D eigenvalue weighted by atomic mass is 10.2. The van der Waals surface area contributed by atoms with Crippen molar-refractivity contribution in [2.75, 3.05) is 31.7 Å². The van der Waals surface area contributed by atoms with Crippen LogP contribution in [0.2, 0.25) is 0 Å². The highest BCUT2D eigenvalue weighted by molar-refractivity contribution is 14.1. The Bertz CT molecular complexity index is 262. The van der Waals surface area contributed by atoms with Crippen molar-refractivity contribution in [3.63, 3.8) is 0 Å². The molecule has 0 N–H and O–H groups in total. The zero-order chi connectivity index (χ0) is 11.1. The second kappa shape index (κ2) is 7.19. The van der Waals surface area contributed by atoms with Gasteiger partial charge in [0.25, 0.3) is 0 Å². The van der Waals surface area contributed by atoms with E-state index in [9.17, 15) is 0 Å². The smallest absolute Gasteiger partial charge is 0.0509 e. The summed E-state index contributed by atoms with van der Waals surface area (Å²) in [5.74, 6) is 0. The molecule has 1 aromatic rings. The van der Waals surface area contributed by atoms with E-state index in [1.807, 2.05) is 0 Å². The highest BCUT2D eigenvalue weighted by atomic mass is 127. The van der Waals surface area contributed by atoms with Crippen LogP contribution in [0.3, 0.4) is 0 Å². The fraction of sp³-hybridized carbons (Fsp3) is 0.500. The zero-order valence-electron chi connectivity index (χ0n) is 9.49. The summed E-state index contributed by atoms with van der Waals surface area (Å²) in [7, 11) is 4.24. The van der Waals surface area contributed by atoms with Crippen LogP contribution >= 0.6 is 22.6 Å². The molecule has 0 heterocycles. The van der Waals surface area contributed by atoms with E-state index in [0.29, 0.717) is 0 Å². The van der Waals surface area contributed by atoms with E-state index in [1.54, 1.807) is 0 Å². The third kappa shape index (κ3) is 5.49. The van der Waals surface area contributed by atoms with Crippen LogP contribution in [0, 0.1) is 0 Å². The summed E-state index contributed by atoms with van der Waals surface area (Å²) < 4.78 is 1.08. The Morgan fingerprint density at radius 1 is 1.07 bits per heavy atom. The van der Waals surface area contributed by atoms with Gasteiger partial charge in [0.15, 0.2) is 0 Å². The molecule has 0 aliphatic rings. The minimum Gasteiger partial charge on any atom is -0.308 e. The standard InChI is InChI=1S/C12H19IN2/c1-14(2)8-9-15(11-13)10-12-6-4-3-5-7-12/h3-7H,8-11H2,1-2H3. The van der Waals surface area contributed by atoms with Crippen molar-refractivity contribution in [1.82, 2.24) is 9.80 Å². The van der Waals surface area contributed by atoms with Gasteiger partial charge in [-0.05, 0) is 19.7 Å². The van der Waals surface area contributed by atoms with Gasteiger partial charge in [0.2, 0.25) is 0 Å². The first-order valence-corrected chi connectivity index (χ1v) is 6.72. The van der Waals surface area contributed by atoms with Crippen LogP contribution in [0.15, 0.2) is 30.3 Å². The molecule has 0 radical (unpaired) electrons. The number of alkyl halides is 1. The van der Waals surface area contributed by atoms with Crippen LogP contribution in [-0.2, 0) is 6.54 Å². The fourth-order valence-electron chi connectivity index (χ4n) is 1.36. The first-order valence-electron chi connectivity index (χ1n) is 5.19. The predicted octanol–water partition coefficient (Wildman–Crippen LogP) is 2.44. The second-order valence-corrected chi connectivity index (χ2v) is 4.64. The maximum Gasteiger partial charge on any atom is 0.0509 e. The summed E-state index contributed by atoms with van der Waals surface area (Å²) in [6.07, 6.45) is 0. The van der Waals surface area contributed by atoms with E-state index in [4.69, 9.17) is 0 Å². The molecule has 3 heteroatoms. The van der Waals surface area contributed by atoms with Crippen molar-refractivity contribution < 1.29 is 0 Å². The molecular formula is C12H19IN2. The molecule has 2 nitrogen and oxygen atoms in total. The van der Waals surface area contributed by atoms with Gasteiger partial charge in [-0.25, -0.2) is 0 Å². The Kier molecular flexibility index (Phi) is 6.20. The molecule has 0 aliphatic heterocycles. The van der Waals surface area contributed by atoms with Gasteiger partial charge in [0.1, 0.15) is 0 Å². The van der Waals surface area contributed by atoms with Gasteiger partial charge in [-0.15, -0.1) is 0 Å². The quantitative estimate of drug-likeness (QED) is 0.452. The monoisotopic (exact) mass is 318 g/mol. The molecule has 0 amide bonds. The van der Waals surface area contributed by atoms with E-state index in [1.165, 1.54) is 5.56 Å². The van der Waals surface area contributed by atoms with Crippen molar-refractivity contribution in [2.24, 2.45) is 0 Å². The van der Waals surface area contributed by atoms with Crippen molar-refractivity contribution in [3.8, 4) is 0 Å². The average Bonchev–Trinajstić information content (AvgIpc) is 2.25. The molecule has 0 saturated carbocycles. The van der Waals surface area contributed by atoms with Gasteiger partial charge in [-0.1, -0.05) is 52.9 Å². The third-order valence-electron chi connectivity index (χ3n) is 2.28. The number of nitrogens with zero attached hydrogens (tertiary/aromatic N) is 2. The van der Waals surface area contributed by atoms with Crippen LogP contribution < -0.4 is 0 Å². The summed E-state index contributed by atoms with van der Waals surface area (Å²) in [5.41, 5.74) is 1.40. The number of hydrogen-bond acceptors (Lipinski definition) is 2. The number of benzene rings is 1. The van der Waals surface area contributed by atoms with Crippen LogP contribution in [-0.4, -0.2) is 41.5 Å². The van der Waals surface area contributed by atoms with Crippen molar-refractivity contribution in [3.05, 3.63) is 35.9 Å². The molecule has 0 atom stereocenters. The van der Waals surface area contributed by atoms with Crippen LogP contribution in [0.4, 0.5) is 0 Å². The Balaban J connectivity index is 2.40. The number of likely N-dealkylation sites (N-methyl/N-ethyl adjacent to an activating group) is 1. The lowest BCUT2D eigenvalue weighted by Gasteiger charge is -2.21. The fourth-order valence-corrected chi connectivity index (χ4v) is 1.95. The first-order chi connectivity index (χ1) is 7.22. The minimum absolute atomic E-state index is 1.05. The molecular weight excluding hydrogens is 299 g/mol. The van der Waals surface area contributed by atoms with Gasteiger partial charge in [0.05, 0.1) is 4.55 Å². The summed E-state index contributed by atoms with van der Waals surface area (Å²) in [6.45, 7) is 3.30. The largest absolute Gasteiger partial charge is 0.308 e. The molecule has 0 fully saturated rings. The van der Waals surface area contributed by atoms with Gasteiger partial charge in [-0.3, -0.25) is 4.90 Å². The highest BCUT2D eigenvalue weighted by Crippen LogP contribution is 2.05. The Morgan fingerprint density at radius 3 is 2.27 bits per heavy atom. The van der Waals surface area contributed by atoms with E-state index in [0.717, 1.165) is 24.2 Å². The van der Waals surface area contributed by atoms with Crippen molar-refractivity contribution in [2.45, 2.75) is 6.54 Å². The molecule has 0 spiro atoms. The Morgan fingerprint density at radius 2 is 1.73 bits per heavy atom. The third-order valence-corrected chi connectivity index (χ3v) is 3.25. The van der Waals surface area contributed by atoms with Crippen molar-refractivity contribution >= 4 is 22.6 Å². The molecule has 0 aliphatic carbocycles. The molecule has 0 unspecified atom stereocenters. The van der Waals surface area contributed by atoms with Gasteiger partial charge in [0, 0.05) is 19.6 Å². The summed E-state index contributed by atoms with van der Waals surface area (Å²) in [6, 6.07) is 10.7. The normalized spacial score (nSPS) is 11.3. The maximum atomic E-state index is 2.45. The van der Waals surface area contributed by atoms with Gasteiger partial charge < -0.3 is 4.90 Å². The minimum atomic E-state index is 1.05. The highest BCUT2D eigenvalue weighted by Gasteiger charge is 2.03. The average molecular weight is 318 g/mol. The number of hydrogen-bond donors (Lipinski definition) is 0. The molecule has 15 heavy (non-hydrogen) atoms. The maximum absolute atomic E-state index is 2.45. The summed E-state index contributed by atoms with van der Waals surface area (Å²) in [4.78, 5) is 4.68. The van der Waals surface area contributed by atoms with E-state index >= 15 is 0 Å². The zero-order valence-corrected chi connectivity index (χ0v) is 11.6. The lowest BCUT2D eigenvalue weighted by molar-refractivity contribution is 0.272.